The minimum atomic E-state index is -0.391. The van der Waals surface area contributed by atoms with E-state index in [1.165, 1.54) is 26.4 Å². The highest BCUT2D eigenvalue weighted by Gasteiger charge is 2.47. The summed E-state index contributed by atoms with van der Waals surface area (Å²) in [4.78, 5) is 41.6. The number of amides is 2. The molecule has 0 bridgehead atoms. The zero-order valence-electron chi connectivity index (χ0n) is 25.2. The standard InChI is InChI=1S/C34H45N3O5/c1-4-23-14-27-18-34(2,19-28(27)15-23)20-31(39)35-21-32(40)37-12-10-36(11-13-37)22-29-17-25(8-9-30(29)38)24-6-5-7-26(16-24)33(41)42-3/h5-9,16-17,23,27-28,38H,4,10-15,18-22H2,1-3H3,(H,35,39). The highest BCUT2D eigenvalue weighted by atomic mass is 16.5. The largest absolute Gasteiger partial charge is 0.508 e. The zero-order chi connectivity index (χ0) is 29.9. The molecular weight excluding hydrogens is 530 g/mol. The third kappa shape index (κ3) is 6.97. The lowest BCUT2D eigenvalue weighted by Crippen LogP contribution is -2.51. The topological polar surface area (TPSA) is 99.2 Å². The van der Waals surface area contributed by atoms with E-state index in [4.69, 9.17) is 4.74 Å². The number of phenolic OH excluding ortho intramolecular Hbond substituents is 1. The van der Waals surface area contributed by atoms with Crippen molar-refractivity contribution in [2.45, 2.75) is 58.9 Å². The van der Waals surface area contributed by atoms with E-state index in [0.717, 1.165) is 47.3 Å². The number of esters is 1. The van der Waals surface area contributed by atoms with Crippen molar-refractivity contribution >= 4 is 17.8 Å². The molecule has 2 atom stereocenters. The number of nitrogens with one attached hydrogen (secondary N) is 1. The van der Waals surface area contributed by atoms with Gasteiger partial charge in [-0.25, -0.2) is 4.79 Å². The van der Waals surface area contributed by atoms with Crippen molar-refractivity contribution in [1.82, 2.24) is 15.1 Å². The normalized spacial score (nSPS) is 25.7. The molecule has 8 heteroatoms. The van der Waals surface area contributed by atoms with Crippen LogP contribution < -0.4 is 5.32 Å². The second-order valence-corrected chi connectivity index (χ2v) is 13.0. The smallest absolute Gasteiger partial charge is 0.337 e. The highest BCUT2D eigenvalue weighted by molar-refractivity contribution is 5.91. The number of phenols is 1. The number of fused-ring (bicyclic) bond motifs is 1. The maximum Gasteiger partial charge on any atom is 0.337 e. The Labute approximate surface area is 249 Å². The number of ether oxygens (including phenoxy) is 1. The second kappa shape index (κ2) is 12.9. The van der Waals surface area contributed by atoms with Crippen LogP contribution in [0, 0.1) is 23.2 Å². The summed E-state index contributed by atoms with van der Waals surface area (Å²) in [5.74, 6) is 2.18. The second-order valence-electron chi connectivity index (χ2n) is 13.0. The molecule has 3 fully saturated rings. The Morgan fingerprint density at radius 3 is 2.36 bits per heavy atom. The van der Waals surface area contributed by atoms with Crippen molar-refractivity contribution in [2.75, 3.05) is 39.8 Å². The molecule has 0 spiro atoms. The number of nitrogens with zero attached hydrogens (tertiary/aromatic N) is 2. The van der Waals surface area contributed by atoms with E-state index in [2.05, 4.69) is 24.1 Å². The monoisotopic (exact) mass is 575 g/mol. The van der Waals surface area contributed by atoms with Gasteiger partial charge in [-0.2, -0.15) is 0 Å². The van der Waals surface area contributed by atoms with Crippen molar-refractivity contribution in [3.63, 3.8) is 0 Å². The fourth-order valence-electron chi connectivity index (χ4n) is 7.63. The first-order chi connectivity index (χ1) is 20.2. The maximum atomic E-state index is 12.9. The van der Waals surface area contributed by atoms with E-state index in [1.807, 2.05) is 29.2 Å². The van der Waals surface area contributed by atoms with Gasteiger partial charge in [0.15, 0.2) is 0 Å². The minimum Gasteiger partial charge on any atom is -0.508 e. The summed E-state index contributed by atoms with van der Waals surface area (Å²) in [5.41, 5.74) is 3.09. The lowest BCUT2D eigenvalue weighted by atomic mass is 9.81. The van der Waals surface area contributed by atoms with Crippen molar-refractivity contribution in [1.29, 1.82) is 0 Å². The Kier molecular flexibility index (Phi) is 9.21. The van der Waals surface area contributed by atoms with Gasteiger partial charge in [0, 0.05) is 44.7 Å². The zero-order valence-corrected chi connectivity index (χ0v) is 25.2. The Morgan fingerprint density at radius 1 is 1.00 bits per heavy atom. The van der Waals surface area contributed by atoms with E-state index in [1.54, 1.807) is 18.2 Å². The number of benzene rings is 2. The third-order valence-corrected chi connectivity index (χ3v) is 9.87. The fraction of sp³-hybridized carbons (Fsp3) is 0.559. The van der Waals surface area contributed by atoms with E-state index >= 15 is 0 Å². The average molecular weight is 576 g/mol. The molecule has 2 saturated carbocycles. The number of carbonyl (C=O) groups excluding carboxylic acids is 3. The van der Waals surface area contributed by atoms with Gasteiger partial charge in [-0.3, -0.25) is 14.5 Å². The fourth-order valence-corrected chi connectivity index (χ4v) is 7.63. The maximum absolute atomic E-state index is 12.9. The first-order valence-electron chi connectivity index (χ1n) is 15.4. The van der Waals surface area contributed by atoms with Crippen LogP contribution in [0.4, 0.5) is 0 Å². The lowest BCUT2D eigenvalue weighted by Gasteiger charge is -2.35. The van der Waals surface area contributed by atoms with Crippen molar-refractivity contribution in [2.24, 2.45) is 23.2 Å². The molecule has 1 aliphatic heterocycles. The van der Waals surface area contributed by atoms with Crippen LogP contribution in [0.5, 0.6) is 5.75 Å². The van der Waals surface area contributed by atoms with Gasteiger partial charge in [0.2, 0.25) is 11.8 Å². The molecule has 3 aliphatic rings. The molecule has 42 heavy (non-hydrogen) atoms. The number of hydrogen-bond acceptors (Lipinski definition) is 6. The van der Waals surface area contributed by atoms with Gasteiger partial charge in [-0.05, 0) is 84.2 Å². The van der Waals surface area contributed by atoms with Crippen LogP contribution in [-0.4, -0.2) is 72.5 Å². The molecule has 1 heterocycles. The molecule has 2 unspecified atom stereocenters. The van der Waals surface area contributed by atoms with E-state index in [-0.39, 0.29) is 29.5 Å². The summed E-state index contributed by atoms with van der Waals surface area (Å²) in [7, 11) is 1.36. The minimum absolute atomic E-state index is 0.0102. The summed E-state index contributed by atoms with van der Waals surface area (Å²) in [6.45, 7) is 7.66. The number of methoxy groups -OCH3 is 1. The average Bonchev–Trinajstić information content (AvgIpc) is 3.51. The predicted molar refractivity (Wildman–Crippen MR) is 162 cm³/mol. The van der Waals surface area contributed by atoms with Gasteiger partial charge in [0.25, 0.3) is 0 Å². The summed E-state index contributed by atoms with van der Waals surface area (Å²) in [6, 6.07) is 12.7. The van der Waals surface area contributed by atoms with Gasteiger partial charge in [-0.15, -0.1) is 0 Å². The Bertz CT molecular complexity index is 1290. The van der Waals surface area contributed by atoms with Gasteiger partial charge in [-0.1, -0.05) is 38.5 Å². The molecule has 0 aromatic heterocycles. The summed E-state index contributed by atoms with van der Waals surface area (Å²) in [5, 5.41) is 13.4. The highest BCUT2D eigenvalue weighted by Crippen LogP contribution is 2.56. The van der Waals surface area contributed by atoms with Crippen LogP contribution in [0.3, 0.4) is 0 Å². The Hall–Kier alpha value is -3.39. The molecule has 1 saturated heterocycles. The number of carbonyl (C=O) groups is 3. The Balaban J connectivity index is 1.08. The van der Waals surface area contributed by atoms with Gasteiger partial charge in [0.1, 0.15) is 5.75 Å². The van der Waals surface area contributed by atoms with Crippen LogP contribution in [0.2, 0.25) is 0 Å². The van der Waals surface area contributed by atoms with E-state index < -0.39 is 5.97 Å². The van der Waals surface area contributed by atoms with Crippen molar-refractivity contribution < 1.29 is 24.2 Å². The molecular formula is C34H45N3O5. The van der Waals surface area contributed by atoms with Gasteiger partial charge in [0.05, 0.1) is 19.2 Å². The SMILES string of the molecule is CCC1CC2CC(C)(CC(=O)NCC(=O)N3CCN(Cc4cc(-c5cccc(C(=O)OC)c5)ccc4O)CC3)CC2C1. The molecule has 2 N–H and O–H groups in total. The summed E-state index contributed by atoms with van der Waals surface area (Å²) >= 11 is 0. The van der Waals surface area contributed by atoms with E-state index in [9.17, 15) is 19.5 Å². The molecule has 226 valence electrons. The molecule has 2 aromatic rings. The van der Waals surface area contributed by atoms with Gasteiger partial charge < -0.3 is 20.1 Å². The van der Waals surface area contributed by atoms with Crippen molar-refractivity contribution in [3.05, 3.63) is 53.6 Å². The summed E-state index contributed by atoms with van der Waals surface area (Å²) < 4.78 is 4.84. The van der Waals surface area contributed by atoms with Crippen LogP contribution in [0.25, 0.3) is 11.1 Å². The molecule has 2 aliphatic carbocycles. The Morgan fingerprint density at radius 2 is 1.69 bits per heavy atom. The predicted octanol–water partition coefficient (Wildman–Crippen LogP) is 4.85. The lowest BCUT2D eigenvalue weighted by molar-refractivity contribution is -0.134. The summed E-state index contributed by atoms with van der Waals surface area (Å²) in [6.07, 6.45) is 6.68. The van der Waals surface area contributed by atoms with Gasteiger partial charge >= 0.3 is 5.97 Å². The molecule has 0 radical (unpaired) electrons. The number of hydrogen-bond donors (Lipinski definition) is 2. The quantitative estimate of drug-likeness (QED) is 0.415. The molecule has 5 rings (SSSR count). The first kappa shape index (κ1) is 30.1. The molecule has 2 aromatic carbocycles. The van der Waals surface area contributed by atoms with Crippen LogP contribution in [0.1, 0.15) is 68.3 Å². The number of piperazine rings is 1. The van der Waals surface area contributed by atoms with Crippen LogP contribution >= 0.6 is 0 Å². The number of aromatic hydroxyl groups is 1. The van der Waals surface area contributed by atoms with Crippen LogP contribution in [-0.2, 0) is 20.9 Å². The van der Waals surface area contributed by atoms with E-state index in [0.29, 0.717) is 44.7 Å². The molecule has 2 amide bonds. The molecule has 8 nitrogen and oxygen atoms in total. The van der Waals surface area contributed by atoms with Crippen LogP contribution in [0.15, 0.2) is 42.5 Å². The number of rotatable bonds is 9. The first-order valence-corrected chi connectivity index (χ1v) is 15.4. The van der Waals surface area contributed by atoms with Crippen molar-refractivity contribution in [3.8, 4) is 16.9 Å². The third-order valence-electron chi connectivity index (χ3n) is 9.87.